The Balaban J connectivity index is 1.59. The molecule has 0 bridgehead atoms. The molecule has 0 saturated heterocycles. The molecular formula is C17H16N2O4S2. The van der Waals surface area contributed by atoms with Crippen LogP contribution in [0.5, 0.6) is 5.75 Å². The zero-order valence-electron chi connectivity index (χ0n) is 13.5. The Morgan fingerprint density at radius 1 is 1.16 bits per heavy atom. The molecule has 0 aromatic heterocycles. The van der Waals surface area contributed by atoms with Gasteiger partial charge in [0.05, 0.1) is 5.71 Å². The lowest BCUT2D eigenvalue weighted by atomic mass is 10.1. The van der Waals surface area contributed by atoms with Crippen LogP contribution in [-0.4, -0.2) is 24.4 Å². The number of thioether (sulfide) groups is 1. The van der Waals surface area contributed by atoms with Crippen molar-refractivity contribution in [2.75, 3.05) is 5.08 Å². The smallest absolute Gasteiger partial charge is 0.268 e. The van der Waals surface area contributed by atoms with Crippen molar-refractivity contribution in [2.24, 2.45) is 9.55 Å². The third kappa shape index (κ3) is 5.07. The van der Waals surface area contributed by atoms with Gasteiger partial charge in [-0.05, 0) is 54.1 Å². The predicted molar refractivity (Wildman–Crippen MR) is 99.3 cm³/mol. The monoisotopic (exact) mass is 376 g/mol. The molecule has 1 heterocycles. The fraction of sp³-hybridized carbons (Fsp3) is 0.176. The zero-order chi connectivity index (χ0) is 17.7. The summed E-state index contributed by atoms with van der Waals surface area (Å²) in [5, 5.41) is 4.17. The molecule has 1 aliphatic heterocycles. The molecule has 130 valence electrons. The largest absolute Gasteiger partial charge is 0.433 e. The van der Waals surface area contributed by atoms with E-state index in [-0.39, 0.29) is 10.3 Å². The minimum atomic E-state index is -3.38. The standard InChI is InChI=1S/C17H16N2O4S2/c1-13(18-22-11-14-5-3-2-4-6-14)15-7-9-16(10-8-15)23-17-19-25(20,21)12-24-17/h2-10H,11-12H2,1H3. The van der Waals surface area contributed by atoms with Crippen molar-refractivity contribution < 1.29 is 18.0 Å². The van der Waals surface area contributed by atoms with Crippen LogP contribution in [0.25, 0.3) is 0 Å². The maximum atomic E-state index is 11.3. The number of rotatable bonds is 5. The van der Waals surface area contributed by atoms with E-state index in [0.717, 1.165) is 28.6 Å². The molecule has 0 aliphatic carbocycles. The van der Waals surface area contributed by atoms with E-state index in [2.05, 4.69) is 9.55 Å². The molecule has 0 N–H and O–H groups in total. The summed E-state index contributed by atoms with van der Waals surface area (Å²) >= 11 is 1.06. The molecule has 0 saturated carbocycles. The molecule has 1 aliphatic rings. The highest BCUT2D eigenvalue weighted by Crippen LogP contribution is 2.23. The first-order valence-electron chi connectivity index (χ1n) is 7.46. The van der Waals surface area contributed by atoms with Crippen LogP contribution in [0, 0.1) is 0 Å². The number of nitrogens with zero attached hydrogens (tertiary/aromatic N) is 2. The maximum absolute atomic E-state index is 11.3. The molecule has 0 fully saturated rings. The number of ether oxygens (including phenoxy) is 1. The summed E-state index contributed by atoms with van der Waals surface area (Å²) in [5.74, 6) is 0.519. The highest BCUT2D eigenvalue weighted by molar-refractivity contribution is 8.24. The average Bonchev–Trinajstić information content (AvgIpc) is 2.95. The van der Waals surface area contributed by atoms with Gasteiger partial charge in [-0.1, -0.05) is 35.5 Å². The Labute approximate surface area is 150 Å². The maximum Gasteiger partial charge on any atom is 0.268 e. The van der Waals surface area contributed by atoms with Gasteiger partial charge < -0.3 is 9.57 Å². The second-order valence-corrected chi connectivity index (χ2v) is 8.19. The molecule has 2 aromatic carbocycles. The van der Waals surface area contributed by atoms with Crippen LogP contribution in [-0.2, 0) is 21.5 Å². The van der Waals surface area contributed by atoms with Crippen LogP contribution in [0.2, 0.25) is 0 Å². The van der Waals surface area contributed by atoms with Gasteiger partial charge in [0.25, 0.3) is 15.3 Å². The van der Waals surface area contributed by atoms with Gasteiger partial charge in [0.1, 0.15) is 17.4 Å². The summed E-state index contributed by atoms with van der Waals surface area (Å²) in [5.41, 5.74) is 2.67. The van der Waals surface area contributed by atoms with Crippen molar-refractivity contribution in [1.82, 2.24) is 0 Å². The molecule has 0 amide bonds. The molecule has 0 radical (unpaired) electrons. The fourth-order valence-corrected chi connectivity index (χ4v) is 4.22. The van der Waals surface area contributed by atoms with E-state index < -0.39 is 10.0 Å². The Bertz CT molecular complexity index is 892. The van der Waals surface area contributed by atoms with E-state index in [4.69, 9.17) is 9.57 Å². The third-order valence-corrected chi connectivity index (χ3v) is 5.94. The lowest BCUT2D eigenvalue weighted by molar-refractivity contribution is 0.130. The van der Waals surface area contributed by atoms with Crippen molar-refractivity contribution in [1.29, 1.82) is 0 Å². The van der Waals surface area contributed by atoms with Gasteiger partial charge in [-0.15, -0.1) is 4.40 Å². The van der Waals surface area contributed by atoms with Gasteiger partial charge in [0.15, 0.2) is 0 Å². The molecule has 8 heteroatoms. The summed E-state index contributed by atoms with van der Waals surface area (Å²) in [6, 6.07) is 16.9. The Hall–Kier alpha value is -2.32. The van der Waals surface area contributed by atoms with Crippen LogP contribution in [0.3, 0.4) is 0 Å². The topological polar surface area (TPSA) is 77.3 Å². The molecule has 3 rings (SSSR count). The third-order valence-electron chi connectivity index (χ3n) is 3.30. The van der Waals surface area contributed by atoms with Crippen LogP contribution < -0.4 is 4.74 Å². The van der Waals surface area contributed by atoms with Gasteiger partial charge in [0, 0.05) is 0 Å². The second kappa shape index (κ2) is 7.71. The predicted octanol–water partition coefficient (Wildman–Crippen LogP) is 3.40. The van der Waals surface area contributed by atoms with Crippen LogP contribution >= 0.6 is 11.8 Å². The Kier molecular flexibility index (Phi) is 5.40. The van der Waals surface area contributed by atoms with Crippen molar-refractivity contribution in [2.45, 2.75) is 13.5 Å². The summed E-state index contributed by atoms with van der Waals surface area (Å²) in [4.78, 5) is 5.36. The van der Waals surface area contributed by atoms with Crippen molar-refractivity contribution in [3.63, 3.8) is 0 Å². The van der Waals surface area contributed by atoms with Crippen molar-refractivity contribution in [3.05, 3.63) is 65.7 Å². The van der Waals surface area contributed by atoms with Crippen LogP contribution in [0.1, 0.15) is 18.1 Å². The van der Waals surface area contributed by atoms with Crippen molar-refractivity contribution in [3.8, 4) is 5.75 Å². The second-order valence-electron chi connectivity index (χ2n) is 5.26. The average molecular weight is 376 g/mol. The number of hydrogen-bond donors (Lipinski definition) is 0. The summed E-state index contributed by atoms with van der Waals surface area (Å²) in [7, 11) is -3.38. The number of benzene rings is 2. The molecule has 0 spiro atoms. The van der Waals surface area contributed by atoms with Gasteiger partial charge in [-0.25, -0.2) is 8.42 Å². The van der Waals surface area contributed by atoms with Gasteiger partial charge in [-0.3, -0.25) is 0 Å². The first-order valence-corrected chi connectivity index (χ1v) is 10.1. The van der Waals surface area contributed by atoms with Gasteiger partial charge >= 0.3 is 0 Å². The quantitative estimate of drug-likeness (QED) is 0.590. The summed E-state index contributed by atoms with van der Waals surface area (Å²) in [6.45, 7) is 2.26. The number of oxime groups is 1. The first-order chi connectivity index (χ1) is 12.0. The SMILES string of the molecule is CC(=NOCc1ccccc1)c1ccc(OC2=NS(=O)(=O)CS2)cc1. The van der Waals surface area contributed by atoms with E-state index in [1.54, 1.807) is 12.1 Å². The lowest BCUT2D eigenvalue weighted by Gasteiger charge is -2.05. The van der Waals surface area contributed by atoms with E-state index in [9.17, 15) is 8.42 Å². The highest BCUT2D eigenvalue weighted by Gasteiger charge is 2.22. The summed E-state index contributed by atoms with van der Waals surface area (Å²) in [6.07, 6.45) is 0. The molecule has 0 unspecified atom stereocenters. The molecule has 6 nitrogen and oxygen atoms in total. The van der Waals surface area contributed by atoms with E-state index >= 15 is 0 Å². The Morgan fingerprint density at radius 3 is 2.52 bits per heavy atom. The zero-order valence-corrected chi connectivity index (χ0v) is 15.1. The Morgan fingerprint density at radius 2 is 1.88 bits per heavy atom. The molecule has 2 aromatic rings. The van der Waals surface area contributed by atoms with Crippen LogP contribution in [0.15, 0.2) is 64.2 Å². The van der Waals surface area contributed by atoms with E-state index in [1.807, 2.05) is 49.4 Å². The number of sulfonamides is 1. The van der Waals surface area contributed by atoms with Gasteiger partial charge in [0.2, 0.25) is 0 Å². The minimum absolute atomic E-state index is 0.0784. The van der Waals surface area contributed by atoms with Crippen molar-refractivity contribution >= 4 is 32.7 Å². The first kappa shape index (κ1) is 17.5. The van der Waals surface area contributed by atoms with Crippen LogP contribution in [0.4, 0.5) is 0 Å². The molecule has 0 atom stereocenters. The minimum Gasteiger partial charge on any atom is -0.433 e. The normalized spacial score (nSPS) is 16.4. The van der Waals surface area contributed by atoms with Gasteiger partial charge in [-0.2, -0.15) is 0 Å². The summed E-state index contributed by atoms with van der Waals surface area (Å²) < 4.78 is 31.5. The molecular weight excluding hydrogens is 360 g/mol. The molecule has 25 heavy (non-hydrogen) atoms. The lowest BCUT2D eigenvalue weighted by Crippen LogP contribution is -2.01. The fourth-order valence-electron chi connectivity index (χ4n) is 2.03. The van der Waals surface area contributed by atoms with E-state index in [1.165, 1.54) is 0 Å². The van der Waals surface area contributed by atoms with E-state index in [0.29, 0.717) is 12.4 Å². The number of hydrogen-bond acceptors (Lipinski definition) is 6. The highest BCUT2D eigenvalue weighted by atomic mass is 32.3.